The Hall–Kier alpha value is -1.56. The van der Waals surface area contributed by atoms with Gasteiger partial charge in [-0.25, -0.2) is 4.39 Å². The molecule has 0 bridgehead atoms. The monoisotopic (exact) mass is 311 g/mol. The Morgan fingerprint density at radius 3 is 2.81 bits per heavy atom. The number of hydrogen-bond donors (Lipinski definition) is 2. The van der Waals surface area contributed by atoms with Gasteiger partial charge in [0.15, 0.2) is 0 Å². The standard InChI is InChI=1S/C15H18FNO3S/c16-11-5-1-2-7-13(11)21-9-8-14(18)17-12-6-3-4-10(12)15(19)20/h1-2,5,7,10,12H,3-4,6,8-9H2,(H,17,18)(H,19,20). The van der Waals surface area contributed by atoms with Gasteiger partial charge in [-0.3, -0.25) is 9.59 Å². The number of amides is 1. The normalized spacial score (nSPS) is 21.2. The topological polar surface area (TPSA) is 66.4 Å². The van der Waals surface area contributed by atoms with Crippen molar-refractivity contribution in [2.45, 2.75) is 36.6 Å². The van der Waals surface area contributed by atoms with E-state index in [4.69, 9.17) is 5.11 Å². The highest BCUT2D eigenvalue weighted by atomic mass is 32.2. The molecule has 0 saturated heterocycles. The summed E-state index contributed by atoms with van der Waals surface area (Å²) in [4.78, 5) is 23.4. The van der Waals surface area contributed by atoms with Gasteiger partial charge >= 0.3 is 5.97 Å². The van der Waals surface area contributed by atoms with E-state index in [1.807, 2.05) is 0 Å². The molecule has 1 aromatic rings. The summed E-state index contributed by atoms with van der Waals surface area (Å²) < 4.78 is 13.4. The maximum absolute atomic E-state index is 13.4. The van der Waals surface area contributed by atoms with Crippen LogP contribution in [0.25, 0.3) is 0 Å². The van der Waals surface area contributed by atoms with Gasteiger partial charge in [-0.15, -0.1) is 11.8 Å². The molecule has 2 N–H and O–H groups in total. The fourth-order valence-corrected chi connectivity index (χ4v) is 3.41. The number of thioether (sulfide) groups is 1. The van der Waals surface area contributed by atoms with Gasteiger partial charge in [0, 0.05) is 23.1 Å². The van der Waals surface area contributed by atoms with Crippen molar-refractivity contribution in [2.75, 3.05) is 5.75 Å². The Morgan fingerprint density at radius 1 is 1.33 bits per heavy atom. The minimum Gasteiger partial charge on any atom is -0.481 e. The van der Waals surface area contributed by atoms with Gasteiger partial charge in [0.05, 0.1) is 5.92 Å². The molecule has 6 heteroatoms. The Balaban J connectivity index is 1.75. The molecule has 0 aromatic heterocycles. The van der Waals surface area contributed by atoms with Crippen LogP contribution in [0.1, 0.15) is 25.7 Å². The van der Waals surface area contributed by atoms with Gasteiger partial charge in [0.25, 0.3) is 0 Å². The summed E-state index contributed by atoms with van der Waals surface area (Å²) in [5.41, 5.74) is 0. The fraction of sp³-hybridized carbons (Fsp3) is 0.467. The van der Waals surface area contributed by atoms with Crippen molar-refractivity contribution < 1.29 is 19.1 Å². The van der Waals surface area contributed by atoms with Crippen molar-refractivity contribution in [3.63, 3.8) is 0 Å². The molecule has 114 valence electrons. The van der Waals surface area contributed by atoms with Crippen LogP contribution in [0.4, 0.5) is 4.39 Å². The van der Waals surface area contributed by atoms with Crippen molar-refractivity contribution in [3.8, 4) is 0 Å². The molecule has 0 radical (unpaired) electrons. The average molecular weight is 311 g/mol. The number of benzene rings is 1. The molecule has 0 spiro atoms. The lowest BCUT2D eigenvalue weighted by molar-refractivity contribution is -0.142. The van der Waals surface area contributed by atoms with E-state index >= 15 is 0 Å². The van der Waals surface area contributed by atoms with E-state index < -0.39 is 11.9 Å². The van der Waals surface area contributed by atoms with Gasteiger partial charge in [-0.05, 0) is 25.0 Å². The molecule has 2 atom stereocenters. The largest absolute Gasteiger partial charge is 0.481 e. The average Bonchev–Trinajstić information content (AvgIpc) is 2.89. The van der Waals surface area contributed by atoms with Crippen LogP contribution in [0.2, 0.25) is 0 Å². The molecule has 1 fully saturated rings. The predicted octanol–water partition coefficient (Wildman–Crippen LogP) is 2.68. The van der Waals surface area contributed by atoms with Crippen LogP contribution in [-0.4, -0.2) is 28.8 Å². The molecule has 1 aliphatic rings. The summed E-state index contributed by atoms with van der Waals surface area (Å²) in [6.07, 6.45) is 2.40. The lowest BCUT2D eigenvalue weighted by Gasteiger charge is -2.17. The Bertz CT molecular complexity index is 523. The number of carboxylic acid groups (broad SMARTS) is 1. The van der Waals surface area contributed by atoms with E-state index in [2.05, 4.69) is 5.32 Å². The molecule has 0 heterocycles. The van der Waals surface area contributed by atoms with Crippen molar-refractivity contribution in [2.24, 2.45) is 5.92 Å². The molecule has 4 nitrogen and oxygen atoms in total. The Kier molecular flexibility index (Phi) is 5.61. The fourth-order valence-electron chi connectivity index (χ4n) is 2.52. The lowest BCUT2D eigenvalue weighted by Crippen LogP contribution is -2.40. The Morgan fingerprint density at radius 2 is 2.10 bits per heavy atom. The zero-order valence-electron chi connectivity index (χ0n) is 11.5. The molecule has 1 aromatic carbocycles. The SMILES string of the molecule is O=C(CCSc1ccccc1F)NC1CCCC1C(=O)O. The van der Waals surface area contributed by atoms with Crippen molar-refractivity contribution in [3.05, 3.63) is 30.1 Å². The summed E-state index contributed by atoms with van der Waals surface area (Å²) in [5, 5.41) is 11.8. The van der Waals surface area contributed by atoms with E-state index in [0.717, 1.165) is 6.42 Å². The summed E-state index contributed by atoms with van der Waals surface area (Å²) >= 11 is 1.29. The van der Waals surface area contributed by atoms with Gasteiger partial charge in [0.2, 0.25) is 5.91 Å². The third-order valence-corrected chi connectivity index (χ3v) is 4.65. The van der Waals surface area contributed by atoms with Crippen LogP contribution in [0.5, 0.6) is 0 Å². The number of aliphatic carboxylic acids is 1. The molecule has 1 amide bonds. The first-order valence-corrected chi connectivity index (χ1v) is 7.96. The quantitative estimate of drug-likeness (QED) is 0.793. The molecular weight excluding hydrogens is 293 g/mol. The third-order valence-electron chi connectivity index (χ3n) is 3.60. The highest BCUT2D eigenvalue weighted by Gasteiger charge is 2.33. The second kappa shape index (κ2) is 7.45. The minimum absolute atomic E-state index is 0.169. The zero-order valence-corrected chi connectivity index (χ0v) is 12.4. The van der Waals surface area contributed by atoms with Crippen LogP contribution in [0.3, 0.4) is 0 Å². The molecule has 1 aliphatic carbocycles. The highest BCUT2D eigenvalue weighted by Crippen LogP contribution is 2.26. The maximum Gasteiger partial charge on any atom is 0.308 e. The van der Waals surface area contributed by atoms with E-state index in [1.165, 1.54) is 17.8 Å². The first-order valence-electron chi connectivity index (χ1n) is 6.97. The van der Waals surface area contributed by atoms with E-state index in [-0.39, 0.29) is 24.2 Å². The lowest BCUT2D eigenvalue weighted by atomic mass is 10.0. The molecule has 2 rings (SSSR count). The Labute approximate surface area is 127 Å². The molecule has 0 aliphatic heterocycles. The third kappa shape index (κ3) is 4.46. The van der Waals surface area contributed by atoms with Gasteiger partial charge in [0.1, 0.15) is 5.82 Å². The van der Waals surface area contributed by atoms with Crippen molar-refractivity contribution >= 4 is 23.6 Å². The summed E-state index contributed by atoms with van der Waals surface area (Å²) in [5.74, 6) is -1.31. The second-order valence-electron chi connectivity index (χ2n) is 5.08. The van der Waals surface area contributed by atoms with E-state index in [0.29, 0.717) is 23.5 Å². The van der Waals surface area contributed by atoms with Crippen LogP contribution >= 0.6 is 11.8 Å². The minimum atomic E-state index is -0.849. The number of carboxylic acids is 1. The van der Waals surface area contributed by atoms with Crippen LogP contribution in [0, 0.1) is 11.7 Å². The summed E-state index contributed by atoms with van der Waals surface area (Å²) in [6, 6.07) is 6.17. The van der Waals surface area contributed by atoms with Crippen LogP contribution < -0.4 is 5.32 Å². The van der Waals surface area contributed by atoms with Crippen molar-refractivity contribution in [1.82, 2.24) is 5.32 Å². The summed E-state index contributed by atoms with van der Waals surface area (Å²) in [7, 11) is 0. The number of hydrogen-bond acceptors (Lipinski definition) is 3. The number of halogens is 1. The predicted molar refractivity (Wildman–Crippen MR) is 78.6 cm³/mol. The number of carbonyl (C=O) groups is 2. The van der Waals surface area contributed by atoms with Crippen LogP contribution in [0.15, 0.2) is 29.2 Å². The summed E-state index contributed by atoms with van der Waals surface area (Å²) in [6.45, 7) is 0. The zero-order chi connectivity index (χ0) is 15.2. The number of rotatable bonds is 6. The molecular formula is C15H18FNO3S. The first-order chi connectivity index (χ1) is 10.1. The van der Waals surface area contributed by atoms with Gasteiger partial charge in [-0.2, -0.15) is 0 Å². The second-order valence-corrected chi connectivity index (χ2v) is 6.22. The first kappa shape index (κ1) is 15.8. The number of carbonyl (C=O) groups excluding carboxylic acids is 1. The molecule has 2 unspecified atom stereocenters. The highest BCUT2D eigenvalue weighted by molar-refractivity contribution is 7.99. The van der Waals surface area contributed by atoms with Gasteiger partial charge < -0.3 is 10.4 Å². The van der Waals surface area contributed by atoms with Crippen molar-refractivity contribution in [1.29, 1.82) is 0 Å². The van der Waals surface area contributed by atoms with E-state index in [1.54, 1.807) is 18.2 Å². The molecule has 21 heavy (non-hydrogen) atoms. The maximum atomic E-state index is 13.4. The molecule has 1 saturated carbocycles. The smallest absolute Gasteiger partial charge is 0.308 e. The van der Waals surface area contributed by atoms with E-state index in [9.17, 15) is 14.0 Å². The van der Waals surface area contributed by atoms with Crippen LogP contribution in [-0.2, 0) is 9.59 Å². The van der Waals surface area contributed by atoms with Gasteiger partial charge in [-0.1, -0.05) is 18.6 Å². The number of nitrogens with one attached hydrogen (secondary N) is 1.